The van der Waals surface area contributed by atoms with Crippen molar-refractivity contribution in [2.45, 2.75) is 26.2 Å². The summed E-state index contributed by atoms with van der Waals surface area (Å²) in [4.78, 5) is 24.1. The van der Waals surface area contributed by atoms with Crippen molar-refractivity contribution in [3.8, 4) is 22.9 Å². The number of aryl methyl sites for hydroxylation is 1. The molecule has 0 atom stereocenters. The summed E-state index contributed by atoms with van der Waals surface area (Å²) in [5, 5.41) is 0. The van der Waals surface area contributed by atoms with Gasteiger partial charge in [-0.15, -0.1) is 0 Å². The van der Waals surface area contributed by atoms with Gasteiger partial charge >= 0.3 is 0 Å². The van der Waals surface area contributed by atoms with Gasteiger partial charge in [0.1, 0.15) is 11.6 Å². The molecule has 0 spiro atoms. The molecule has 0 bridgehead atoms. The van der Waals surface area contributed by atoms with E-state index >= 15 is 0 Å². The van der Waals surface area contributed by atoms with Gasteiger partial charge in [-0.2, -0.15) is 0 Å². The molecular formula is C24H23N3O3. The minimum Gasteiger partial charge on any atom is -0.493 e. The summed E-state index contributed by atoms with van der Waals surface area (Å²) < 4.78 is 10.9. The number of anilines is 2. The molecule has 2 aliphatic rings. The highest BCUT2D eigenvalue weighted by Crippen LogP contribution is 2.39. The van der Waals surface area contributed by atoms with Gasteiger partial charge in [0.25, 0.3) is 0 Å². The quantitative estimate of drug-likeness (QED) is 0.631. The number of hydrogen-bond donors (Lipinski definition) is 0. The first-order valence-electron chi connectivity index (χ1n) is 10.2. The smallest absolute Gasteiger partial charge is 0.235 e. The van der Waals surface area contributed by atoms with Crippen LogP contribution in [0.25, 0.3) is 11.3 Å². The van der Waals surface area contributed by atoms with Crippen LogP contribution in [0.4, 0.5) is 11.5 Å². The number of amides is 1. The van der Waals surface area contributed by atoms with E-state index in [-0.39, 0.29) is 11.8 Å². The third-order valence-electron chi connectivity index (χ3n) is 5.50. The van der Waals surface area contributed by atoms with E-state index in [1.807, 2.05) is 43.3 Å². The van der Waals surface area contributed by atoms with Gasteiger partial charge in [0.05, 0.1) is 25.1 Å². The normalized spacial score (nSPS) is 14.7. The van der Waals surface area contributed by atoms with Crippen LogP contribution >= 0.6 is 0 Å². The number of rotatable bonds is 5. The van der Waals surface area contributed by atoms with Gasteiger partial charge in [-0.05, 0) is 67.3 Å². The van der Waals surface area contributed by atoms with Crippen molar-refractivity contribution in [1.29, 1.82) is 0 Å². The van der Waals surface area contributed by atoms with Gasteiger partial charge in [0.15, 0.2) is 0 Å². The predicted octanol–water partition coefficient (Wildman–Crippen LogP) is 4.47. The predicted molar refractivity (Wildman–Crippen MR) is 114 cm³/mol. The molecule has 6 heteroatoms. The van der Waals surface area contributed by atoms with Gasteiger partial charge in [0.2, 0.25) is 11.8 Å². The highest BCUT2D eigenvalue weighted by atomic mass is 16.5. The lowest BCUT2D eigenvalue weighted by molar-refractivity contribution is -0.119. The Kier molecular flexibility index (Phi) is 4.62. The second-order valence-electron chi connectivity index (χ2n) is 7.81. The molecule has 1 amide bonds. The molecule has 3 heterocycles. The van der Waals surface area contributed by atoms with Crippen LogP contribution in [-0.4, -0.2) is 29.6 Å². The molecule has 3 aromatic rings. The van der Waals surface area contributed by atoms with Crippen LogP contribution in [0.3, 0.4) is 0 Å². The molecule has 5 rings (SSSR count). The van der Waals surface area contributed by atoms with E-state index in [0.717, 1.165) is 53.1 Å². The lowest BCUT2D eigenvalue weighted by Crippen LogP contribution is -2.28. The zero-order chi connectivity index (χ0) is 20.7. The van der Waals surface area contributed by atoms with Crippen LogP contribution in [0.15, 0.2) is 48.7 Å². The third-order valence-corrected chi connectivity index (χ3v) is 5.50. The van der Waals surface area contributed by atoms with Gasteiger partial charge in [-0.25, -0.2) is 9.97 Å². The summed E-state index contributed by atoms with van der Waals surface area (Å²) in [6.07, 6.45) is 4.43. The van der Waals surface area contributed by atoms with E-state index in [1.54, 1.807) is 18.2 Å². The number of pyridine rings is 2. The lowest BCUT2D eigenvalue weighted by Gasteiger charge is -2.23. The molecule has 30 heavy (non-hydrogen) atoms. The van der Waals surface area contributed by atoms with Crippen molar-refractivity contribution >= 4 is 17.4 Å². The Labute approximate surface area is 175 Å². The number of carbonyl (C=O) groups is 1. The summed E-state index contributed by atoms with van der Waals surface area (Å²) >= 11 is 0. The number of methoxy groups -OCH3 is 1. The number of carbonyl (C=O) groups excluding carboxylic acids is 1. The first-order valence-corrected chi connectivity index (χ1v) is 10.2. The SMILES string of the molecule is COc1cc(-c2cc(C)cc(N(C(=O)C3CC3)c3ccc4c(c3)CCO4)n2)ccn1. The van der Waals surface area contributed by atoms with E-state index in [9.17, 15) is 4.79 Å². The average Bonchev–Trinajstić information content (AvgIpc) is 3.51. The standard InChI is InChI=1S/C24H23N3O3/c1-15-11-20(17-7-9-25-23(14-17)29-2)26-22(12-15)27(24(28)16-3-4-16)19-5-6-21-18(13-19)8-10-30-21/h5-7,9,11-14,16H,3-4,8,10H2,1-2H3. The van der Waals surface area contributed by atoms with Crippen LogP contribution in [-0.2, 0) is 11.2 Å². The maximum absolute atomic E-state index is 13.3. The van der Waals surface area contributed by atoms with Crippen LogP contribution in [0.2, 0.25) is 0 Å². The molecule has 6 nitrogen and oxygen atoms in total. The van der Waals surface area contributed by atoms with Crippen LogP contribution < -0.4 is 14.4 Å². The minimum absolute atomic E-state index is 0.0706. The molecule has 0 saturated heterocycles. The summed E-state index contributed by atoms with van der Waals surface area (Å²) in [7, 11) is 1.59. The van der Waals surface area contributed by atoms with E-state index < -0.39 is 0 Å². The Bertz CT molecular complexity index is 1120. The number of benzene rings is 1. The van der Waals surface area contributed by atoms with Crippen molar-refractivity contribution in [3.63, 3.8) is 0 Å². The van der Waals surface area contributed by atoms with Crippen molar-refractivity contribution in [2.75, 3.05) is 18.6 Å². The molecule has 1 aliphatic heterocycles. The number of nitrogens with zero attached hydrogens (tertiary/aromatic N) is 3. The number of aromatic nitrogens is 2. The first kappa shape index (κ1) is 18.6. The lowest BCUT2D eigenvalue weighted by atomic mass is 10.1. The number of fused-ring (bicyclic) bond motifs is 1. The van der Waals surface area contributed by atoms with Crippen molar-refractivity contribution in [2.24, 2.45) is 5.92 Å². The van der Waals surface area contributed by atoms with E-state index in [0.29, 0.717) is 18.3 Å². The van der Waals surface area contributed by atoms with E-state index in [4.69, 9.17) is 14.5 Å². The summed E-state index contributed by atoms with van der Waals surface area (Å²) in [5.74, 6) is 2.24. The molecular weight excluding hydrogens is 378 g/mol. The Morgan fingerprint density at radius 1 is 1.17 bits per heavy atom. The molecule has 1 aliphatic carbocycles. The summed E-state index contributed by atoms with van der Waals surface area (Å²) in [5.41, 5.74) is 4.68. The zero-order valence-corrected chi connectivity index (χ0v) is 17.1. The molecule has 1 aromatic carbocycles. The Balaban J connectivity index is 1.60. The average molecular weight is 401 g/mol. The molecule has 2 aromatic heterocycles. The van der Waals surface area contributed by atoms with Gasteiger partial charge in [-0.3, -0.25) is 9.69 Å². The monoisotopic (exact) mass is 401 g/mol. The largest absolute Gasteiger partial charge is 0.493 e. The highest BCUT2D eigenvalue weighted by Gasteiger charge is 2.36. The maximum atomic E-state index is 13.3. The summed E-state index contributed by atoms with van der Waals surface area (Å²) in [6.45, 7) is 2.70. The molecule has 0 N–H and O–H groups in total. The Hall–Kier alpha value is -3.41. The van der Waals surface area contributed by atoms with E-state index in [2.05, 4.69) is 11.1 Å². The van der Waals surface area contributed by atoms with Crippen LogP contribution in [0.1, 0.15) is 24.0 Å². The molecule has 1 fully saturated rings. The molecule has 152 valence electrons. The van der Waals surface area contributed by atoms with Crippen LogP contribution in [0.5, 0.6) is 11.6 Å². The number of hydrogen-bond acceptors (Lipinski definition) is 5. The fraction of sp³-hybridized carbons (Fsp3) is 0.292. The fourth-order valence-electron chi connectivity index (χ4n) is 3.79. The molecule has 1 saturated carbocycles. The molecule has 0 unspecified atom stereocenters. The first-order chi connectivity index (χ1) is 14.6. The van der Waals surface area contributed by atoms with Crippen molar-refractivity contribution in [1.82, 2.24) is 9.97 Å². The zero-order valence-electron chi connectivity index (χ0n) is 17.1. The van der Waals surface area contributed by atoms with Crippen molar-refractivity contribution < 1.29 is 14.3 Å². The topological polar surface area (TPSA) is 64.5 Å². The minimum atomic E-state index is 0.0706. The number of ether oxygens (including phenoxy) is 2. The van der Waals surface area contributed by atoms with E-state index in [1.165, 1.54) is 0 Å². The molecule has 0 radical (unpaired) electrons. The van der Waals surface area contributed by atoms with Crippen molar-refractivity contribution in [3.05, 3.63) is 59.8 Å². The Morgan fingerprint density at radius 3 is 2.83 bits per heavy atom. The second-order valence-corrected chi connectivity index (χ2v) is 7.81. The van der Waals surface area contributed by atoms with Gasteiger partial charge < -0.3 is 9.47 Å². The second kappa shape index (κ2) is 7.44. The highest BCUT2D eigenvalue weighted by molar-refractivity contribution is 6.02. The van der Waals surface area contributed by atoms with Crippen LogP contribution in [0, 0.1) is 12.8 Å². The van der Waals surface area contributed by atoms with Gasteiger partial charge in [0, 0.05) is 30.2 Å². The van der Waals surface area contributed by atoms with Gasteiger partial charge in [-0.1, -0.05) is 0 Å². The fourth-order valence-corrected chi connectivity index (χ4v) is 3.79. The summed E-state index contributed by atoms with van der Waals surface area (Å²) in [6, 6.07) is 13.7. The Morgan fingerprint density at radius 2 is 2.03 bits per heavy atom. The third kappa shape index (κ3) is 3.49. The maximum Gasteiger partial charge on any atom is 0.235 e.